The number of aromatic nitrogens is 2. The maximum absolute atomic E-state index is 5.32. The summed E-state index contributed by atoms with van der Waals surface area (Å²) in [5, 5.41) is 7.66. The molecule has 1 unspecified atom stereocenters. The number of nitrogens with zero attached hydrogens (tertiary/aromatic N) is 2. The van der Waals surface area contributed by atoms with E-state index >= 15 is 0 Å². The van der Waals surface area contributed by atoms with Gasteiger partial charge in [0.25, 0.3) is 0 Å². The molecule has 0 bridgehead atoms. The Balaban J connectivity index is 2.99. The lowest BCUT2D eigenvalue weighted by atomic mass is 10.2. The fourth-order valence-electron chi connectivity index (χ4n) is 1.79. The SMILES string of the molecule is CCNC(COC)c1c(OC)cnn1CC. The van der Waals surface area contributed by atoms with E-state index in [1.807, 2.05) is 4.68 Å². The van der Waals surface area contributed by atoms with Crippen molar-refractivity contribution in [3.63, 3.8) is 0 Å². The zero-order valence-corrected chi connectivity index (χ0v) is 10.5. The van der Waals surface area contributed by atoms with Gasteiger partial charge < -0.3 is 14.8 Å². The number of methoxy groups -OCH3 is 2. The first-order valence-corrected chi connectivity index (χ1v) is 5.60. The van der Waals surface area contributed by atoms with Gasteiger partial charge >= 0.3 is 0 Å². The van der Waals surface area contributed by atoms with E-state index in [1.54, 1.807) is 20.4 Å². The smallest absolute Gasteiger partial charge is 0.161 e. The Hall–Kier alpha value is -1.07. The highest BCUT2D eigenvalue weighted by Crippen LogP contribution is 2.25. The van der Waals surface area contributed by atoms with E-state index in [4.69, 9.17) is 9.47 Å². The predicted molar refractivity (Wildman–Crippen MR) is 62.7 cm³/mol. The summed E-state index contributed by atoms with van der Waals surface area (Å²) in [6.07, 6.45) is 1.75. The Kier molecular flexibility index (Phi) is 5.28. The lowest BCUT2D eigenvalue weighted by Crippen LogP contribution is -2.27. The van der Waals surface area contributed by atoms with Crippen molar-refractivity contribution in [1.29, 1.82) is 0 Å². The number of rotatable bonds is 7. The normalized spacial score (nSPS) is 12.8. The molecular weight excluding hydrogens is 206 g/mol. The van der Waals surface area contributed by atoms with E-state index in [0.29, 0.717) is 6.61 Å². The Bertz CT molecular complexity index is 285. The number of hydrogen-bond donors (Lipinski definition) is 1. The summed E-state index contributed by atoms with van der Waals surface area (Å²) in [7, 11) is 3.36. The molecular formula is C11H21N3O2. The Morgan fingerprint density at radius 3 is 2.69 bits per heavy atom. The Labute approximate surface area is 96.7 Å². The van der Waals surface area contributed by atoms with Gasteiger partial charge in [0, 0.05) is 13.7 Å². The van der Waals surface area contributed by atoms with E-state index in [2.05, 4.69) is 24.3 Å². The molecule has 0 fully saturated rings. The van der Waals surface area contributed by atoms with E-state index in [9.17, 15) is 0 Å². The zero-order valence-electron chi connectivity index (χ0n) is 10.5. The number of nitrogens with one attached hydrogen (secondary N) is 1. The lowest BCUT2D eigenvalue weighted by Gasteiger charge is -2.19. The first kappa shape index (κ1) is 13.0. The molecule has 1 aromatic heterocycles. The van der Waals surface area contributed by atoms with Gasteiger partial charge in [0.05, 0.1) is 31.6 Å². The third kappa shape index (κ3) is 2.74. The van der Waals surface area contributed by atoms with Gasteiger partial charge in [-0.05, 0) is 13.5 Å². The highest BCUT2D eigenvalue weighted by atomic mass is 16.5. The van der Waals surface area contributed by atoms with Crippen LogP contribution in [0.25, 0.3) is 0 Å². The molecule has 0 aliphatic rings. The van der Waals surface area contributed by atoms with Gasteiger partial charge in [-0.1, -0.05) is 6.92 Å². The minimum absolute atomic E-state index is 0.118. The molecule has 1 aromatic rings. The topological polar surface area (TPSA) is 48.3 Å². The van der Waals surface area contributed by atoms with Gasteiger partial charge in [-0.15, -0.1) is 0 Å². The molecule has 16 heavy (non-hydrogen) atoms. The van der Waals surface area contributed by atoms with Crippen LogP contribution < -0.4 is 10.1 Å². The van der Waals surface area contributed by atoms with Gasteiger partial charge in [-0.3, -0.25) is 4.68 Å². The molecule has 92 valence electrons. The van der Waals surface area contributed by atoms with Crippen molar-refractivity contribution in [3.8, 4) is 5.75 Å². The molecule has 1 rings (SSSR count). The van der Waals surface area contributed by atoms with Crippen LogP contribution in [0.15, 0.2) is 6.20 Å². The van der Waals surface area contributed by atoms with E-state index in [0.717, 1.165) is 24.5 Å². The molecule has 0 amide bonds. The summed E-state index contributed by atoms with van der Waals surface area (Å²) in [5.41, 5.74) is 1.05. The minimum Gasteiger partial charge on any atom is -0.493 e. The third-order valence-electron chi connectivity index (χ3n) is 2.48. The van der Waals surface area contributed by atoms with Crippen LogP contribution in [0, 0.1) is 0 Å². The first-order valence-electron chi connectivity index (χ1n) is 5.60. The third-order valence-corrected chi connectivity index (χ3v) is 2.48. The monoisotopic (exact) mass is 227 g/mol. The van der Waals surface area contributed by atoms with Crippen LogP contribution in [0.3, 0.4) is 0 Å². The van der Waals surface area contributed by atoms with Crippen molar-refractivity contribution in [2.24, 2.45) is 0 Å². The summed E-state index contributed by atoms with van der Waals surface area (Å²) in [6, 6.07) is 0.118. The van der Waals surface area contributed by atoms with Crippen molar-refractivity contribution in [2.75, 3.05) is 27.4 Å². The maximum atomic E-state index is 5.32. The molecule has 0 aromatic carbocycles. The average Bonchev–Trinajstić information content (AvgIpc) is 2.71. The van der Waals surface area contributed by atoms with Gasteiger partial charge in [0.1, 0.15) is 0 Å². The molecule has 1 N–H and O–H groups in total. The van der Waals surface area contributed by atoms with Gasteiger partial charge in [-0.25, -0.2) is 0 Å². The van der Waals surface area contributed by atoms with Crippen LogP contribution >= 0.6 is 0 Å². The second-order valence-corrected chi connectivity index (χ2v) is 3.48. The molecule has 0 aliphatic heterocycles. The standard InChI is InChI=1S/C11H21N3O2/c1-5-12-9(8-15-3)11-10(16-4)7-13-14(11)6-2/h7,9,12H,5-6,8H2,1-4H3. The van der Waals surface area contributed by atoms with Gasteiger partial charge in [0.15, 0.2) is 5.75 Å². The van der Waals surface area contributed by atoms with Crippen LogP contribution in [-0.2, 0) is 11.3 Å². The predicted octanol–water partition coefficient (Wildman–Crippen LogP) is 1.21. The summed E-state index contributed by atoms with van der Waals surface area (Å²) in [4.78, 5) is 0. The van der Waals surface area contributed by atoms with Crippen molar-refractivity contribution in [3.05, 3.63) is 11.9 Å². The van der Waals surface area contributed by atoms with Gasteiger partial charge in [0.2, 0.25) is 0 Å². The summed E-state index contributed by atoms with van der Waals surface area (Å²) in [5.74, 6) is 0.810. The van der Waals surface area contributed by atoms with Crippen molar-refractivity contribution in [1.82, 2.24) is 15.1 Å². The first-order chi connectivity index (χ1) is 7.78. The van der Waals surface area contributed by atoms with Crippen LogP contribution in [0.2, 0.25) is 0 Å². The minimum atomic E-state index is 0.118. The van der Waals surface area contributed by atoms with Crippen LogP contribution in [0.1, 0.15) is 25.6 Å². The van der Waals surface area contributed by atoms with Crippen molar-refractivity contribution in [2.45, 2.75) is 26.4 Å². The van der Waals surface area contributed by atoms with Crippen LogP contribution in [-0.4, -0.2) is 37.2 Å². The van der Waals surface area contributed by atoms with E-state index in [-0.39, 0.29) is 6.04 Å². The maximum Gasteiger partial charge on any atom is 0.161 e. The Morgan fingerprint density at radius 1 is 1.44 bits per heavy atom. The van der Waals surface area contributed by atoms with E-state index in [1.165, 1.54) is 0 Å². The summed E-state index contributed by atoms with van der Waals surface area (Å²) < 4.78 is 12.5. The molecule has 1 atom stereocenters. The zero-order chi connectivity index (χ0) is 12.0. The van der Waals surface area contributed by atoms with E-state index < -0.39 is 0 Å². The molecule has 5 nitrogen and oxygen atoms in total. The van der Waals surface area contributed by atoms with Crippen LogP contribution in [0.4, 0.5) is 0 Å². The Morgan fingerprint density at radius 2 is 2.19 bits per heavy atom. The van der Waals surface area contributed by atoms with Crippen molar-refractivity contribution >= 4 is 0 Å². The number of aryl methyl sites for hydroxylation is 1. The number of hydrogen-bond acceptors (Lipinski definition) is 4. The fraction of sp³-hybridized carbons (Fsp3) is 0.727. The van der Waals surface area contributed by atoms with Crippen molar-refractivity contribution < 1.29 is 9.47 Å². The molecule has 0 aliphatic carbocycles. The van der Waals surface area contributed by atoms with Gasteiger partial charge in [-0.2, -0.15) is 5.10 Å². The number of ether oxygens (including phenoxy) is 2. The number of likely N-dealkylation sites (N-methyl/N-ethyl adjacent to an activating group) is 1. The van der Waals surface area contributed by atoms with Crippen LogP contribution in [0.5, 0.6) is 5.75 Å². The quantitative estimate of drug-likeness (QED) is 0.760. The summed E-state index contributed by atoms with van der Waals surface area (Å²) in [6.45, 7) is 6.44. The average molecular weight is 227 g/mol. The molecule has 0 spiro atoms. The largest absolute Gasteiger partial charge is 0.493 e. The fourth-order valence-corrected chi connectivity index (χ4v) is 1.79. The highest BCUT2D eigenvalue weighted by Gasteiger charge is 2.20. The molecule has 5 heteroatoms. The lowest BCUT2D eigenvalue weighted by molar-refractivity contribution is 0.162. The molecule has 0 saturated carbocycles. The second kappa shape index (κ2) is 6.50. The molecule has 0 radical (unpaired) electrons. The molecule has 1 heterocycles. The second-order valence-electron chi connectivity index (χ2n) is 3.48. The summed E-state index contributed by atoms with van der Waals surface area (Å²) >= 11 is 0. The highest BCUT2D eigenvalue weighted by molar-refractivity contribution is 5.28. The molecule has 0 saturated heterocycles.